The van der Waals surface area contributed by atoms with E-state index in [0.29, 0.717) is 12.3 Å². The molecule has 1 fully saturated rings. The number of carbonyl (C=O) groups is 2. The smallest absolute Gasteiger partial charge is 0.257 e. The van der Waals surface area contributed by atoms with Crippen molar-refractivity contribution in [2.24, 2.45) is 5.92 Å². The van der Waals surface area contributed by atoms with Crippen LogP contribution >= 0.6 is 0 Å². The summed E-state index contributed by atoms with van der Waals surface area (Å²) in [6.45, 7) is 2.30. The maximum atomic E-state index is 13.4. The fourth-order valence-corrected chi connectivity index (χ4v) is 2.57. The molecule has 3 N–H and O–H groups in total. The summed E-state index contributed by atoms with van der Waals surface area (Å²) in [6.07, 6.45) is 2.38. The quantitative estimate of drug-likeness (QED) is 0.660. The largest absolute Gasteiger partial charge is 0.354 e. The average Bonchev–Trinajstić information content (AvgIpc) is 3.03. The van der Waals surface area contributed by atoms with Crippen molar-refractivity contribution in [3.63, 3.8) is 0 Å². The highest BCUT2D eigenvalue weighted by Crippen LogP contribution is 2.14. The molecule has 1 aromatic rings. The zero-order chi connectivity index (χ0) is 16.7. The monoisotopic (exact) mass is 325 g/mol. The summed E-state index contributed by atoms with van der Waals surface area (Å²) in [5.41, 5.74) is -0.604. The van der Waals surface area contributed by atoms with E-state index in [4.69, 9.17) is 0 Å². The molecule has 1 aliphatic heterocycles. The molecular weight excluding hydrogens is 304 g/mol. The second kappa shape index (κ2) is 8.57. The highest BCUT2D eigenvalue weighted by Gasteiger charge is 2.17. The second-order valence-electron chi connectivity index (χ2n) is 5.60. The lowest BCUT2D eigenvalue weighted by molar-refractivity contribution is -0.121. The van der Waals surface area contributed by atoms with Crippen LogP contribution in [-0.4, -0.2) is 38.0 Å². The minimum Gasteiger partial charge on any atom is -0.354 e. The predicted molar refractivity (Wildman–Crippen MR) is 81.9 cm³/mol. The number of halogens is 2. The Morgan fingerprint density at radius 2 is 1.87 bits per heavy atom. The van der Waals surface area contributed by atoms with Gasteiger partial charge in [-0.15, -0.1) is 0 Å². The molecule has 0 aliphatic carbocycles. The number of benzene rings is 1. The van der Waals surface area contributed by atoms with Crippen LogP contribution in [0.4, 0.5) is 8.78 Å². The van der Waals surface area contributed by atoms with E-state index in [-0.39, 0.29) is 19.0 Å². The van der Waals surface area contributed by atoms with Gasteiger partial charge < -0.3 is 16.0 Å². The summed E-state index contributed by atoms with van der Waals surface area (Å²) >= 11 is 0. The Morgan fingerprint density at radius 1 is 1.17 bits per heavy atom. The first-order valence-electron chi connectivity index (χ1n) is 7.77. The Kier molecular flexibility index (Phi) is 6.46. The average molecular weight is 325 g/mol. The van der Waals surface area contributed by atoms with Crippen LogP contribution in [0.5, 0.6) is 0 Å². The topological polar surface area (TPSA) is 70.2 Å². The third-order valence-electron chi connectivity index (χ3n) is 3.86. The van der Waals surface area contributed by atoms with Crippen LogP contribution in [0, 0.1) is 17.6 Å². The number of nitrogens with one attached hydrogen (secondary N) is 3. The predicted octanol–water partition coefficient (Wildman–Crippen LogP) is 1.20. The van der Waals surface area contributed by atoms with Crippen LogP contribution in [0.2, 0.25) is 0 Å². The van der Waals surface area contributed by atoms with Crippen molar-refractivity contribution in [2.45, 2.75) is 19.3 Å². The molecule has 7 heteroatoms. The van der Waals surface area contributed by atoms with Gasteiger partial charge in [0.1, 0.15) is 17.2 Å². The van der Waals surface area contributed by atoms with Gasteiger partial charge in [0.25, 0.3) is 5.91 Å². The van der Waals surface area contributed by atoms with Gasteiger partial charge in [-0.05, 0) is 44.0 Å². The van der Waals surface area contributed by atoms with Gasteiger partial charge >= 0.3 is 0 Å². The zero-order valence-electron chi connectivity index (χ0n) is 12.8. The highest BCUT2D eigenvalue weighted by atomic mass is 19.1. The molecule has 2 rings (SSSR count). The molecule has 1 aliphatic rings. The molecule has 0 aromatic heterocycles. The van der Waals surface area contributed by atoms with Gasteiger partial charge in [0.05, 0.1) is 0 Å². The lowest BCUT2D eigenvalue weighted by Crippen LogP contribution is -2.35. The molecule has 1 saturated heterocycles. The van der Waals surface area contributed by atoms with Crippen molar-refractivity contribution in [3.05, 3.63) is 35.4 Å². The Balaban J connectivity index is 1.64. The van der Waals surface area contributed by atoms with Gasteiger partial charge in [-0.1, -0.05) is 6.07 Å². The van der Waals surface area contributed by atoms with Crippen molar-refractivity contribution in [1.29, 1.82) is 0 Å². The molecule has 126 valence electrons. The third kappa shape index (κ3) is 5.28. The van der Waals surface area contributed by atoms with Crippen LogP contribution in [0.25, 0.3) is 0 Å². The molecule has 2 amide bonds. The maximum Gasteiger partial charge on any atom is 0.257 e. The van der Waals surface area contributed by atoms with E-state index >= 15 is 0 Å². The summed E-state index contributed by atoms with van der Waals surface area (Å²) in [5, 5.41) is 8.32. The molecule has 5 nitrogen and oxygen atoms in total. The van der Waals surface area contributed by atoms with E-state index < -0.39 is 23.1 Å². The lowest BCUT2D eigenvalue weighted by Gasteiger charge is -2.10. The van der Waals surface area contributed by atoms with E-state index in [2.05, 4.69) is 16.0 Å². The van der Waals surface area contributed by atoms with E-state index in [0.717, 1.165) is 38.1 Å². The van der Waals surface area contributed by atoms with Gasteiger partial charge in [-0.2, -0.15) is 0 Å². The molecular formula is C16H21F2N3O2. The summed E-state index contributed by atoms with van der Waals surface area (Å²) < 4.78 is 26.8. The molecule has 0 saturated carbocycles. The Labute approximate surface area is 133 Å². The van der Waals surface area contributed by atoms with Crippen LogP contribution in [0.3, 0.4) is 0 Å². The normalized spacial score (nSPS) is 17.0. The Morgan fingerprint density at radius 3 is 2.52 bits per heavy atom. The zero-order valence-corrected chi connectivity index (χ0v) is 12.8. The third-order valence-corrected chi connectivity index (χ3v) is 3.86. The molecule has 1 aromatic carbocycles. The minimum absolute atomic E-state index is 0.0804. The van der Waals surface area contributed by atoms with Gasteiger partial charge in [0.15, 0.2) is 0 Å². The second-order valence-corrected chi connectivity index (χ2v) is 5.60. The molecule has 0 radical (unpaired) electrons. The van der Waals surface area contributed by atoms with Crippen molar-refractivity contribution in [1.82, 2.24) is 16.0 Å². The number of hydrogen-bond acceptors (Lipinski definition) is 3. The van der Waals surface area contributed by atoms with E-state index in [1.165, 1.54) is 6.07 Å². The first-order valence-corrected chi connectivity index (χ1v) is 7.77. The fourth-order valence-electron chi connectivity index (χ4n) is 2.57. The van der Waals surface area contributed by atoms with E-state index in [9.17, 15) is 18.4 Å². The van der Waals surface area contributed by atoms with Gasteiger partial charge in [-0.25, -0.2) is 8.78 Å². The van der Waals surface area contributed by atoms with Gasteiger partial charge in [0, 0.05) is 19.5 Å². The summed E-state index contributed by atoms with van der Waals surface area (Å²) in [5.74, 6) is -2.17. The molecule has 0 bridgehead atoms. The molecule has 1 heterocycles. The number of amides is 2. The molecule has 23 heavy (non-hydrogen) atoms. The first kappa shape index (κ1) is 17.3. The lowest BCUT2D eigenvalue weighted by atomic mass is 10.0. The molecule has 1 unspecified atom stereocenters. The summed E-state index contributed by atoms with van der Waals surface area (Å²) in [6, 6.07) is 3.25. The summed E-state index contributed by atoms with van der Waals surface area (Å²) in [4.78, 5) is 23.4. The first-order chi connectivity index (χ1) is 11.1. The van der Waals surface area contributed by atoms with Crippen LogP contribution in [0.15, 0.2) is 18.2 Å². The van der Waals surface area contributed by atoms with Crippen molar-refractivity contribution in [2.75, 3.05) is 26.2 Å². The van der Waals surface area contributed by atoms with Crippen molar-refractivity contribution < 1.29 is 18.4 Å². The Hall–Kier alpha value is -2.02. The van der Waals surface area contributed by atoms with Crippen molar-refractivity contribution in [3.8, 4) is 0 Å². The number of hydrogen-bond donors (Lipinski definition) is 3. The van der Waals surface area contributed by atoms with E-state index in [1.54, 1.807) is 0 Å². The van der Waals surface area contributed by atoms with Crippen LogP contribution in [0.1, 0.15) is 29.6 Å². The maximum absolute atomic E-state index is 13.4. The van der Waals surface area contributed by atoms with Gasteiger partial charge in [-0.3, -0.25) is 9.59 Å². The summed E-state index contributed by atoms with van der Waals surface area (Å²) in [7, 11) is 0. The van der Waals surface area contributed by atoms with Crippen LogP contribution in [-0.2, 0) is 4.79 Å². The Bertz CT molecular complexity index is 540. The standard InChI is InChI=1S/C16H21F2N3O2/c17-12-2-1-3-13(18)15(12)16(23)21-9-8-20-14(22)5-4-11-6-7-19-10-11/h1-3,11,19H,4-10H2,(H,20,22)(H,21,23). The number of rotatable bonds is 7. The van der Waals surface area contributed by atoms with E-state index in [1.807, 2.05) is 0 Å². The fraction of sp³-hybridized carbons (Fsp3) is 0.500. The number of carbonyl (C=O) groups excluding carboxylic acids is 2. The minimum atomic E-state index is -0.906. The van der Waals surface area contributed by atoms with Gasteiger partial charge in [0.2, 0.25) is 5.91 Å². The van der Waals surface area contributed by atoms with Crippen molar-refractivity contribution >= 4 is 11.8 Å². The van der Waals surface area contributed by atoms with Crippen LogP contribution < -0.4 is 16.0 Å². The SMILES string of the molecule is O=C(CCC1CCNC1)NCCNC(=O)c1c(F)cccc1F. The highest BCUT2D eigenvalue weighted by molar-refractivity contribution is 5.94. The molecule has 1 atom stereocenters. The molecule has 0 spiro atoms.